The number of aromatic amines is 1. The monoisotopic (exact) mass is 246 g/mol. The van der Waals surface area contributed by atoms with E-state index in [-0.39, 0.29) is 11.5 Å². The van der Waals surface area contributed by atoms with Crippen LogP contribution in [-0.2, 0) is 0 Å². The number of non-ortho nitro benzene ring substituents is 1. The van der Waals surface area contributed by atoms with Crippen molar-refractivity contribution in [2.75, 3.05) is 0 Å². The molecule has 0 bridgehead atoms. The van der Waals surface area contributed by atoms with Gasteiger partial charge in [0.25, 0.3) is 5.69 Å². The summed E-state index contributed by atoms with van der Waals surface area (Å²) in [5.41, 5.74) is 1.27. The van der Waals surface area contributed by atoms with E-state index in [2.05, 4.69) is 4.98 Å². The lowest BCUT2D eigenvalue weighted by molar-refractivity contribution is -0.384. The highest BCUT2D eigenvalue weighted by Crippen LogP contribution is 2.24. The van der Waals surface area contributed by atoms with Crippen LogP contribution in [0.1, 0.15) is 36.5 Å². The summed E-state index contributed by atoms with van der Waals surface area (Å²) in [4.78, 5) is 25.1. The molecule has 0 aliphatic carbocycles. The number of H-pyrrole nitrogens is 1. The summed E-state index contributed by atoms with van der Waals surface area (Å²) in [5.74, 6) is 0.0805. The number of ketones is 1. The van der Waals surface area contributed by atoms with E-state index in [4.69, 9.17) is 0 Å². The van der Waals surface area contributed by atoms with E-state index in [0.717, 1.165) is 18.2 Å². The minimum absolute atomic E-state index is 0.0249. The third-order valence-corrected chi connectivity index (χ3v) is 2.93. The molecule has 5 nitrogen and oxygen atoms in total. The zero-order valence-corrected chi connectivity index (χ0v) is 10.1. The molecule has 0 fully saturated rings. The summed E-state index contributed by atoms with van der Waals surface area (Å²) in [6, 6.07) is 4.50. The van der Waals surface area contributed by atoms with Crippen LogP contribution >= 0.6 is 0 Å². The number of fused-ring (bicyclic) bond motifs is 1. The Bertz CT molecular complexity index is 601. The molecule has 94 valence electrons. The molecule has 1 N–H and O–H groups in total. The third kappa shape index (κ3) is 2.25. The van der Waals surface area contributed by atoms with Crippen molar-refractivity contribution in [1.82, 2.24) is 4.98 Å². The summed E-state index contributed by atoms with van der Waals surface area (Å²) in [7, 11) is 0. The van der Waals surface area contributed by atoms with E-state index in [0.29, 0.717) is 17.5 Å². The lowest BCUT2D eigenvalue weighted by Gasteiger charge is -1.98. The van der Waals surface area contributed by atoms with E-state index >= 15 is 0 Å². The Morgan fingerprint density at radius 3 is 2.89 bits per heavy atom. The van der Waals surface area contributed by atoms with Gasteiger partial charge in [-0.15, -0.1) is 0 Å². The van der Waals surface area contributed by atoms with Crippen LogP contribution in [0.25, 0.3) is 10.9 Å². The maximum atomic E-state index is 11.9. The van der Waals surface area contributed by atoms with E-state index < -0.39 is 4.92 Å². The minimum atomic E-state index is -0.446. The van der Waals surface area contributed by atoms with Crippen molar-refractivity contribution in [3.63, 3.8) is 0 Å². The van der Waals surface area contributed by atoms with Crippen molar-refractivity contribution in [2.24, 2.45) is 0 Å². The Kier molecular flexibility index (Phi) is 3.41. The number of rotatable bonds is 5. The Morgan fingerprint density at radius 1 is 1.44 bits per heavy atom. The molecule has 0 saturated carbocycles. The number of nitro benzene ring substituents is 1. The molecule has 0 aliphatic heterocycles. The van der Waals surface area contributed by atoms with Crippen LogP contribution < -0.4 is 0 Å². The molecule has 1 aromatic heterocycles. The molecule has 0 saturated heterocycles. The average Bonchev–Trinajstić information content (AvgIpc) is 2.78. The number of unbranched alkanes of at least 4 members (excludes halogenated alkanes) is 1. The normalized spacial score (nSPS) is 10.7. The van der Waals surface area contributed by atoms with Crippen molar-refractivity contribution in [3.8, 4) is 0 Å². The van der Waals surface area contributed by atoms with E-state index in [1.54, 1.807) is 12.3 Å². The van der Waals surface area contributed by atoms with Gasteiger partial charge < -0.3 is 4.98 Å². The number of Topliss-reactive ketones (excluding diaryl/α,β-unsaturated/α-hetero) is 1. The maximum Gasteiger partial charge on any atom is 0.271 e. The summed E-state index contributed by atoms with van der Waals surface area (Å²) < 4.78 is 0. The van der Waals surface area contributed by atoms with Crippen LogP contribution in [0.3, 0.4) is 0 Å². The Labute approximate surface area is 104 Å². The van der Waals surface area contributed by atoms with Crippen molar-refractivity contribution in [1.29, 1.82) is 0 Å². The molecule has 0 unspecified atom stereocenters. The predicted octanol–water partition coefficient (Wildman–Crippen LogP) is 3.45. The van der Waals surface area contributed by atoms with Gasteiger partial charge in [-0.25, -0.2) is 0 Å². The first-order valence-electron chi connectivity index (χ1n) is 5.92. The lowest BCUT2D eigenvalue weighted by Crippen LogP contribution is -1.97. The fourth-order valence-electron chi connectivity index (χ4n) is 1.93. The number of carbonyl (C=O) groups is 1. The first-order valence-corrected chi connectivity index (χ1v) is 5.92. The molecule has 0 atom stereocenters. The predicted molar refractivity (Wildman–Crippen MR) is 68.8 cm³/mol. The molecule has 0 aliphatic rings. The van der Waals surface area contributed by atoms with Gasteiger partial charge in [-0.2, -0.15) is 0 Å². The Balaban J connectivity index is 2.37. The number of aromatic nitrogens is 1. The van der Waals surface area contributed by atoms with Gasteiger partial charge in [0.15, 0.2) is 5.78 Å². The number of hydrogen-bond donors (Lipinski definition) is 1. The van der Waals surface area contributed by atoms with Crippen LogP contribution in [0.15, 0.2) is 24.4 Å². The van der Waals surface area contributed by atoms with Gasteiger partial charge in [0.05, 0.1) is 10.4 Å². The highest BCUT2D eigenvalue weighted by atomic mass is 16.6. The topological polar surface area (TPSA) is 76.0 Å². The molecular formula is C13H14N2O3. The number of hydrogen-bond acceptors (Lipinski definition) is 3. The standard InChI is InChI=1S/C13H14N2O3/c1-2-3-4-13(16)11-8-14-12-7-9(15(17)18)5-6-10(11)12/h5-8,14H,2-4H2,1H3. The first kappa shape index (κ1) is 12.3. The van der Waals surface area contributed by atoms with E-state index in [1.165, 1.54) is 12.1 Å². The molecular weight excluding hydrogens is 232 g/mol. The molecule has 5 heteroatoms. The van der Waals surface area contributed by atoms with E-state index in [9.17, 15) is 14.9 Å². The fourth-order valence-corrected chi connectivity index (χ4v) is 1.93. The van der Waals surface area contributed by atoms with Crippen LogP contribution in [0, 0.1) is 10.1 Å². The first-order chi connectivity index (χ1) is 8.63. The lowest BCUT2D eigenvalue weighted by atomic mass is 10.0. The highest BCUT2D eigenvalue weighted by molar-refractivity contribution is 6.08. The van der Waals surface area contributed by atoms with Gasteiger partial charge in [-0.1, -0.05) is 13.3 Å². The summed E-state index contributed by atoms with van der Waals surface area (Å²) >= 11 is 0. The third-order valence-electron chi connectivity index (χ3n) is 2.93. The van der Waals surface area contributed by atoms with E-state index in [1.807, 2.05) is 6.92 Å². The zero-order chi connectivity index (χ0) is 13.1. The van der Waals surface area contributed by atoms with Gasteiger partial charge in [0.2, 0.25) is 0 Å². The number of nitro groups is 1. The molecule has 1 aromatic carbocycles. The smallest absolute Gasteiger partial charge is 0.271 e. The van der Waals surface area contributed by atoms with Crippen molar-refractivity contribution in [3.05, 3.63) is 40.1 Å². The van der Waals surface area contributed by atoms with Gasteiger partial charge in [-0.3, -0.25) is 14.9 Å². The molecule has 0 amide bonds. The zero-order valence-electron chi connectivity index (χ0n) is 10.1. The molecule has 2 aromatic rings. The van der Waals surface area contributed by atoms with Gasteiger partial charge >= 0.3 is 0 Å². The molecule has 1 heterocycles. The van der Waals surface area contributed by atoms with Crippen LogP contribution in [0.2, 0.25) is 0 Å². The fraction of sp³-hybridized carbons (Fsp3) is 0.308. The molecule has 0 spiro atoms. The number of benzene rings is 1. The molecule has 18 heavy (non-hydrogen) atoms. The maximum absolute atomic E-state index is 11.9. The van der Waals surface area contributed by atoms with Crippen molar-refractivity contribution < 1.29 is 9.72 Å². The Hall–Kier alpha value is -2.17. The van der Waals surface area contributed by atoms with Gasteiger partial charge in [-0.05, 0) is 12.5 Å². The Morgan fingerprint density at radius 2 is 2.22 bits per heavy atom. The summed E-state index contributed by atoms with van der Waals surface area (Å²) in [6.07, 6.45) is 3.98. The second kappa shape index (κ2) is 5.00. The van der Waals surface area contributed by atoms with Crippen LogP contribution in [0.5, 0.6) is 0 Å². The van der Waals surface area contributed by atoms with Crippen LogP contribution in [-0.4, -0.2) is 15.7 Å². The summed E-state index contributed by atoms with van der Waals surface area (Å²) in [6.45, 7) is 2.03. The summed E-state index contributed by atoms with van der Waals surface area (Å²) in [5, 5.41) is 11.4. The quantitative estimate of drug-likeness (QED) is 0.498. The van der Waals surface area contributed by atoms with Crippen molar-refractivity contribution >= 4 is 22.4 Å². The number of nitrogens with zero attached hydrogens (tertiary/aromatic N) is 1. The highest BCUT2D eigenvalue weighted by Gasteiger charge is 2.14. The SMILES string of the molecule is CCCCC(=O)c1c[nH]c2cc([N+](=O)[O-])ccc12. The van der Waals surface area contributed by atoms with Gasteiger partial charge in [0.1, 0.15) is 0 Å². The van der Waals surface area contributed by atoms with Crippen molar-refractivity contribution in [2.45, 2.75) is 26.2 Å². The average molecular weight is 246 g/mol. The largest absolute Gasteiger partial charge is 0.360 e. The molecule has 0 radical (unpaired) electrons. The van der Waals surface area contributed by atoms with Gasteiger partial charge in [0, 0.05) is 35.7 Å². The number of carbonyl (C=O) groups excluding carboxylic acids is 1. The molecule has 2 rings (SSSR count). The second-order valence-corrected chi connectivity index (χ2v) is 4.22. The van der Waals surface area contributed by atoms with Crippen LogP contribution in [0.4, 0.5) is 5.69 Å². The minimum Gasteiger partial charge on any atom is -0.360 e. The number of nitrogens with one attached hydrogen (secondary N) is 1. The second-order valence-electron chi connectivity index (χ2n) is 4.22.